The molecule has 0 spiro atoms. The van der Waals surface area contributed by atoms with Gasteiger partial charge in [-0.15, -0.1) is 0 Å². The Labute approximate surface area is 700 Å². The molecule has 0 aliphatic heterocycles. The Bertz CT molecular complexity index is 4050. The number of ether oxygens (including phenoxy) is 8. The van der Waals surface area contributed by atoms with Gasteiger partial charge in [0, 0.05) is 112 Å². The first-order valence-corrected chi connectivity index (χ1v) is 37.6. The van der Waals surface area contributed by atoms with Crippen molar-refractivity contribution in [2.45, 2.75) is 175 Å². The number of carbonyl (C=O) groups excluding carboxylic acids is 10. The second-order valence-corrected chi connectivity index (χ2v) is 24.9. The fourth-order valence-corrected chi connectivity index (χ4v) is 9.39. The average molecular weight is 1630 g/mol. The van der Waals surface area contributed by atoms with Crippen molar-refractivity contribution in [3.63, 3.8) is 0 Å². The van der Waals surface area contributed by atoms with Crippen molar-refractivity contribution >= 4 is 59.4 Å². The van der Waals surface area contributed by atoms with E-state index in [-0.39, 0.29) is 73.2 Å². The summed E-state index contributed by atoms with van der Waals surface area (Å²) in [6.07, 6.45) is 24.4. The van der Waals surface area contributed by atoms with Gasteiger partial charge in [-0.2, -0.15) is 52.6 Å². The van der Waals surface area contributed by atoms with E-state index in [1.54, 1.807) is 74.2 Å². The molecule has 0 heterocycles. The number of Topliss-reactive ketones (excluding diaryl/α,β-unsaturated/α-hetero) is 1. The van der Waals surface area contributed by atoms with E-state index in [1.165, 1.54) is 12.2 Å². The van der Waals surface area contributed by atoms with Gasteiger partial charge in [-0.05, 0) is 140 Å². The highest BCUT2D eigenvalue weighted by atomic mass is 16.6. The van der Waals surface area contributed by atoms with Crippen LogP contribution in [0.15, 0.2) is 175 Å². The fourth-order valence-electron chi connectivity index (χ4n) is 9.39. The number of likely N-dealkylation sites (N-methyl/N-ethyl adjacent to an activating group) is 1. The quantitative estimate of drug-likeness (QED) is 0.0268. The third-order valence-electron chi connectivity index (χ3n) is 15.7. The van der Waals surface area contributed by atoms with Crippen molar-refractivity contribution in [1.29, 1.82) is 52.6 Å². The second-order valence-electron chi connectivity index (χ2n) is 24.9. The molecule has 29 heteroatoms. The molecule has 0 radical (unpaired) electrons. The molecule has 3 fully saturated rings. The Morgan fingerprint density at radius 3 is 1.40 bits per heavy atom. The molecule has 2 aromatic carbocycles. The minimum Gasteiger partial charge on any atom is -0.463 e. The molecule has 119 heavy (non-hydrogen) atoms. The number of hydrogen-bond acceptors (Lipinski definition) is 28. The number of hydrogen-bond donors (Lipinski definition) is 0. The van der Waals surface area contributed by atoms with Gasteiger partial charge in [0.2, 0.25) is 5.91 Å². The molecule has 0 aromatic heterocycles. The van der Waals surface area contributed by atoms with Crippen LogP contribution < -0.4 is 0 Å². The zero-order valence-corrected chi connectivity index (χ0v) is 68.7. The van der Waals surface area contributed by atoms with Gasteiger partial charge in [0.05, 0.1) is 110 Å². The molecule has 3 aliphatic carbocycles. The summed E-state index contributed by atoms with van der Waals surface area (Å²) in [5.74, 6) is -3.10. The monoisotopic (exact) mass is 1630 g/mol. The third-order valence-corrected chi connectivity index (χ3v) is 15.7. The largest absolute Gasteiger partial charge is 0.463 e. The highest BCUT2D eigenvalue weighted by Gasteiger charge is 2.48. The molecule has 2 bridgehead atoms. The molecule has 29 nitrogen and oxygen atoms in total. The Morgan fingerprint density at radius 2 is 0.966 bits per heavy atom. The fraction of sp³-hybridized carbons (Fsp3) is 0.422. The maximum Gasteiger partial charge on any atom is 0.331 e. The Hall–Kier alpha value is -14.4. The molecule has 632 valence electrons. The maximum absolute atomic E-state index is 11.0. The van der Waals surface area contributed by atoms with E-state index in [4.69, 9.17) is 76.3 Å². The Balaban J connectivity index is -0.000000406. The topological polar surface area (TPSA) is 486 Å². The van der Waals surface area contributed by atoms with E-state index in [2.05, 4.69) is 98.2 Å². The van der Waals surface area contributed by atoms with Gasteiger partial charge in [-0.3, -0.25) is 9.59 Å². The summed E-state index contributed by atoms with van der Waals surface area (Å²) in [6, 6.07) is 34.1. The van der Waals surface area contributed by atoms with Crippen LogP contribution in [0.4, 0.5) is 0 Å². The number of nitriles is 10. The SMILES string of the molecule is C=C(C)C(=O)CC(C)C#N.C=CC(=O)N(CC)CCC#N.C=CC(=O)OC1(C#N)CCCCC1.C=CC(=O)OC1CC2CC(C#N)C1C2.C=CC(=O)OCC(C)C#N.C=CC(=O)OCCCC#N.C=CC(=O)OCCCCC#N.C=CC(=O)OCCCCCC#N.C=CC(=O)OCc1ccc(C#N)cc1.C=CC(=O)OCc1ccccc1C#N. The molecule has 3 saturated carbocycles. The molecular weight excluding hydrogens is 1520 g/mol. The van der Waals surface area contributed by atoms with E-state index in [0.717, 1.165) is 119 Å². The van der Waals surface area contributed by atoms with Gasteiger partial charge in [0.15, 0.2) is 11.4 Å². The summed E-state index contributed by atoms with van der Waals surface area (Å²) < 4.78 is 38.5. The second kappa shape index (κ2) is 76.3. The predicted octanol–water partition coefficient (Wildman–Crippen LogP) is 14.9. The molecule has 6 atom stereocenters. The molecule has 0 N–H and O–H groups in total. The number of benzene rings is 2. The number of carbonyl (C=O) groups is 10. The van der Waals surface area contributed by atoms with Crippen molar-refractivity contribution in [2.75, 3.05) is 39.5 Å². The molecule has 2 aromatic rings. The van der Waals surface area contributed by atoms with Crippen LogP contribution in [0.2, 0.25) is 0 Å². The van der Waals surface area contributed by atoms with Gasteiger partial charge in [0.25, 0.3) is 0 Å². The van der Waals surface area contributed by atoms with Crippen molar-refractivity contribution < 1.29 is 85.8 Å². The molecule has 5 rings (SSSR count). The summed E-state index contributed by atoms with van der Waals surface area (Å²) in [5.41, 5.74) is 2.31. The van der Waals surface area contributed by atoms with E-state index >= 15 is 0 Å². The number of unbranched alkanes of at least 4 members (excludes halogenated alkanes) is 6. The Morgan fingerprint density at radius 1 is 0.504 bits per heavy atom. The molecule has 6 unspecified atom stereocenters. The maximum atomic E-state index is 11.0. The van der Waals surface area contributed by atoms with Crippen LogP contribution in [0.5, 0.6) is 0 Å². The summed E-state index contributed by atoms with van der Waals surface area (Å²) in [7, 11) is 0. The van der Waals surface area contributed by atoms with Crippen LogP contribution in [0.25, 0.3) is 0 Å². The van der Waals surface area contributed by atoms with Crippen LogP contribution in [0.1, 0.15) is 172 Å². The summed E-state index contributed by atoms with van der Waals surface area (Å²) >= 11 is 0. The lowest BCUT2D eigenvalue weighted by atomic mass is 9.86. The lowest BCUT2D eigenvalue weighted by molar-refractivity contribution is -0.151. The van der Waals surface area contributed by atoms with Gasteiger partial charge in [-0.25, -0.2) is 38.4 Å². The van der Waals surface area contributed by atoms with Crippen LogP contribution in [-0.2, 0) is 99.1 Å². The zero-order valence-electron chi connectivity index (χ0n) is 68.7. The number of allylic oxidation sites excluding steroid dienone is 1. The van der Waals surface area contributed by atoms with Crippen molar-refractivity contribution in [2.24, 2.45) is 29.6 Å². The van der Waals surface area contributed by atoms with Crippen LogP contribution >= 0.6 is 0 Å². The van der Waals surface area contributed by atoms with E-state index < -0.39 is 41.4 Å². The Kier molecular flexibility index (Phi) is 72.6. The lowest BCUT2D eigenvalue weighted by Crippen LogP contribution is -2.35. The van der Waals surface area contributed by atoms with Gasteiger partial charge < -0.3 is 42.8 Å². The summed E-state index contributed by atoms with van der Waals surface area (Å²) in [6.45, 7) is 42.6. The third kappa shape index (κ3) is 62.7. The number of amides is 1. The van der Waals surface area contributed by atoms with Crippen molar-refractivity contribution in [3.05, 3.63) is 197 Å². The first-order chi connectivity index (χ1) is 57.0. The minimum atomic E-state index is -0.872. The van der Waals surface area contributed by atoms with Gasteiger partial charge in [-0.1, -0.05) is 103 Å². The molecule has 1 amide bonds. The molecule has 0 saturated heterocycles. The van der Waals surface area contributed by atoms with E-state index in [0.29, 0.717) is 112 Å². The highest BCUT2D eigenvalue weighted by Crippen LogP contribution is 2.49. The standard InChI is InChI=1S/C11H13NO2.2C11H9NO2.C10H13NO2.C9H13NO2.C8H12N2O.C8H11NO2.C8H11NO.2C7H9NO2/c1-2-11(13)14-10-5-7-3-8(6-12)9(10)4-7;1-2-11(13)14-8-10-5-3-9(7-12)4-6-10;1-2-11(13)14-8-10-6-4-3-5-9(10)7-12;1-2-9(12)13-10(8-11)6-4-3-5-7-10;1-2-9(11)12-8-6-4-3-5-7-10;1-3-8(11)10(4-2)7-5-6-9;1-2-8(10)11-7-5-3-4-6-9;1-6(2)8(10)4-7(3)5-9;1-3-7(9)10-5-6(2)4-8;1-2-7(9)10-6-4-3-5-8/h2,7-10H,1,3-5H2;2*2-6H,1,8H2;2H,1,3-7H2;2H,1,3-6,8H2;3H,1,4-5,7H2,2H3;2H,1,3-5,7H2;7H,1,4H2,2-3H3;3,6H,1,5H2,2H3;2H,1,3-4,6H2. The van der Waals surface area contributed by atoms with Gasteiger partial charge >= 0.3 is 47.8 Å². The first kappa shape index (κ1) is 113. The smallest absolute Gasteiger partial charge is 0.331 e. The number of fused-ring (bicyclic) bond motifs is 2. The average Bonchev–Trinajstić information content (AvgIpc) is 1.65. The molecular formula is C90H109N11O18. The van der Waals surface area contributed by atoms with Gasteiger partial charge in [0.1, 0.15) is 32.0 Å². The first-order valence-electron chi connectivity index (χ1n) is 37.6. The number of rotatable bonds is 35. The summed E-state index contributed by atoms with van der Waals surface area (Å²) in [4.78, 5) is 109. The lowest BCUT2D eigenvalue weighted by Gasteiger charge is -2.29. The van der Waals surface area contributed by atoms with Crippen LogP contribution in [0, 0.1) is 143 Å². The normalized spacial score (nSPS) is 13.8. The zero-order chi connectivity index (χ0) is 91.0. The van der Waals surface area contributed by atoms with E-state index in [9.17, 15) is 47.9 Å². The minimum absolute atomic E-state index is 0.0194. The predicted molar refractivity (Wildman–Crippen MR) is 440 cm³/mol. The van der Waals surface area contributed by atoms with Crippen LogP contribution in [-0.4, -0.2) is 116 Å². The molecule has 3 aliphatic rings. The van der Waals surface area contributed by atoms with E-state index in [1.807, 2.05) is 49.4 Å². The summed E-state index contributed by atoms with van der Waals surface area (Å²) in [5, 5.41) is 84.3. The number of esters is 8. The number of ketones is 1. The number of nitrogens with zero attached hydrogens (tertiary/aromatic N) is 11. The van der Waals surface area contributed by atoms with Crippen molar-refractivity contribution in [1.82, 2.24) is 4.90 Å². The van der Waals surface area contributed by atoms with Crippen molar-refractivity contribution in [3.8, 4) is 60.7 Å². The van der Waals surface area contributed by atoms with Crippen LogP contribution in [0.3, 0.4) is 0 Å². The highest BCUT2D eigenvalue weighted by molar-refractivity contribution is 5.94.